The minimum Gasteiger partial charge on any atom is -0.497 e. The zero-order valence-corrected chi connectivity index (χ0v) is 16.4. The lowest BCUT2D eigenvalue weighted by Gasteiger charge is -2.29. The number of methoxy groups -OCH3 is 1. The van der Waals surface area contributed by atoms with Gasteiger partial charge in [0.1, 0.15) is 5.75 Å². The highest BCUT2D eigenvalue weighted by atomic mass is 32.2. The second kappa shape index (κ2) is 7.41. The van der Waals surface area contributed by atoms with Gasteiger partial charge in [0.05, 0.1) is 12.0 Å². The molecular formula is C18H19N3O4S2. The van der Waals surface area contributed by atoms with Gasteiger partial charge in [0.15, 0.2) is 0 Å². The zero-order chi connectivity index (χ0) is 18.9. The molecule has 3 heterocycles. The van der Waals surface area contributed by atoms with E-state index in [0.29, 0.717) is 43.5 Å². The molecular weight excluding hydrogens is 386 g/mol. The van der Waals surface area contributed by atoms with Crippen molar-refractivity contribution < 1.29 is 17.6 Å². The molecule has 4 rings (SSSR count). The Morgan fingerprint density at radius 2 is 2.04 bits per heavy atom. The highest BCUT2D eigenvalue weighted by molar-refractivity contribution is 7.89. The van der Waals surface area contributed by atoms with E-state index in [1.54, 1.807) is 35.6 Å². The Balaban J connectivity index is 1.45. The highest BCUT2D eigenvalue weighted by Gasteiger charge is 2.32. The Morgan fingerprint density at radius 1 is 1.22 bits per heavy atom. The van der Waals surface area contributed by atoms with Gasteiger partial charge in [-0.2, -0.15) is 15.6 Å². The normalized spacial score (nSPS) is 16.5. The summed E-state index contributed by atoms with van der Waals surface area (Å²) in [6, 6.07) is 8.49. The number of hydrogen-bond donors (Lipinski definition) is 0. The van der Waals surface area contributed by atoms with Crippen LogP contribution in [-0.4, -0.2) is 43.1 Å². The predicted molar refractivity (Wildman–Crippen MR) is 101 cm³/mol. The molecule has 27 heavy (non-hydrogen) atoms. The largest absolute Gasteiger partial charge is 0.497 e. The van der Waals surface area contributed by atoms with Gasteiger partial charge in [0.2, 0.25) is 21.8 Å². The van der Waals surface area contributed by atoms with Gasteiger partial charge in [-0.3, -0.25) is 0 Å². The molecule has 1 saturated heterocycles. The molecule has 9 heteroatoms. The van der Waals surface area contributed by atoms with E-state index in [2.05, 4.69) is 10.2 Å². The lowest BCUT2D eigenvalue weighted by atomic mass is 9.98. The lowest BCUT2D eigenvalue weighted by Crippen LogP contribution is -2.37. The summed E-state index contributed by atoms with van der Waals surface area (Å²) >= 11 is 1.57. The van der Waals surface area contributed by atoms with Crippen LogP contribution in [0.2, 0.25) is 0 Å². The van der Waals surface area contributed by atoms with E-state index in [0.717, 1.165) is 5.56 Å². The molecule has 142 valence electrons. The molecule has 2 aromatic heterocycles. The average molecular weight is 406 g/mol. The number of aromatic nitrogens is 2. The van der Waals surface area contributed by atoms with E-state index in [1.165, 1.54) is 11.4 Å². The molecule has 0 aliphatic carbocycles. The third kappa shape index (κ3) is 3.62. The molecule has 0 spiro atoms. The fourth-order valence-corrected chi connectivity index (χ4v) is 5.29. The van der Waals surface area contributed by atoms with Gasteiger partial charge in [-0.1, -0.05) is 6.07 Å². The molecule has 0 atom stereocenters. The summed E-state index contributed by atoms with van der Waals surface area (Å²) in [6.07, 6.45) is 1.29. The summed E-state index contributed by atoms with van der Waals surface area (Å²) in [6.45, 7) is 0.834. The number of benzene rings is 1. The first-order chi connectivity index (χ1) is 13.1. The molecule has 3 aromatic rings. The van der Waals surface area contributed by atoms with E-state index in [1.807, 2.05) is 16.8 Å². The van der Waals surface area contributed by atoms with Crippen molar-refractivity contribution in [3.63, 3.8) is 0 Å². The maximum Gasteiger partial charge on any atom is 0.248 e. The Morgan fingerprint density at radius 3 is 2.74 bits per heavy atom. The van der Waals surface area contributed by atoms with Crippen LogP contribution in [0.3, 0.4) is 0 Å². The number of nitrogens with zero attached hydrogens (tertiary/aromatic N) is 3. The molecule has 1 aromatic carbocycles. The number of sulfonamides is 1. The van der Waals surface area contributed by atoms with E-state index in [4.69, 9.17) is 9.15 Å². The van der Waals surface area contributed by atoms with Gasteiger partial charge in [-0.15, -0.1) is 10.2 Å². The summed E-state index contributed by atoms with van der Waals surface area (Å²) in [4.78, 5) is 0.248. The molecule has 1 aliphatic heterocycles. The van der Waals surface area contributed by atoms with E-state index >= 15 is 0 Å². The molecule has 0 N–H and O–H groups in total. The third-order valence-electron chi connectivity index (χ3n) is 4.69. The number of rotatable bonds is 5. The van der Waals surface area contributed by atoms with E-state index in [-0.39, 0.29) is 10.8 Å². The molecule has 0 radical (unpaired) electrons. The Labute approximate surface area is 161 Å². The van der Waals surface area contributed by atoms with Crippen molar-refractivity contribution in [2.75, 3.05) is 20.2 Å². The van der Waals surface area contributed by atoms with Crippen LogP contribution in [0.25, 0.3) is 11.5 Å². The summed E-state index contributed by atoms with van der Waals surface area (Å²) in [7, 11) is -2.02. The van der Waals surface area contributed by atoms with Crippen LogP contribution < -0.4 is 4.74 Å². The Kier molecular flexibility index (Phi) is 4.98. The van der Waals surface area contributed by atoms with E-state index in [9.17, 15) is 8.42 Å². The van der Waals surface area contributed by atoms with Gasteiger partial charge < -0.3 is 9.15 Å². The topological polar surface area (TPSA) is 85.5 Å². The van der Waals surface area contributed by atoms with Crippen molar-refractivity contribution in [2.24, 2.45) is 0 Å². The zero-order valence-electron chi connectivity index (χ0n) is 14.7. The summed E-state index contributed by atoms with van der Waals surface area (Å²) in [5.41, 5.74) is 0.914. The fourth-order valence-electron chi connectivity index (χ4n) is 3.16. The fraction of sp³-hybridized carbons (Fsp3) is 0.333. The van der Waals surface area contributed by atoms with Crippen LogP contribution in [-0.2, 0) is 10.0 Å². The molecule has 1 aliphatic rings. The van der Waals surface area contributed by atoms with Gasteiger partial charge in [-0.05, 0) is 36.4 Å². The van der Waals surface area contributed by atoms with Crippen molar-refractivity contribution in [2.45, 2.75) is 23.7 Å². The van der Waals surface area contributed by atoms with Gasteiger partial charge >= 0.3 is 0 Å². The standard InChI is InChI=1S/C18H19N3O4S2/c1-24-15-3-2-4-16(11-15)27(22,23)21-8-5-13(6-9-21)17-19-20-18(25-17)14-7-10-26-12-14/h2-4,7,10-13H,5-6,8-9H2,1H3. The Hall–Kier alpha value is -2.23. The quantitative estimate of drug-likeness (QED) is 0.647. The van der Waals surface area contributed by atoms with Crippen molar-refractivity contribution in [3.8, 4) is 17.2 Å². The van der Waals surface area contributed by atoms with Crippen molar-refractivity contribution in [1.82, 2.24) is 14.5 Å². The molecule has 0 saturated carbocycles. The van der Waals surface area contributed by atoms with Crippen LogP contribution in [0.5, 0.6) is 5.75 Å². The first-order valence-corrected chi connectivity index (χ1v) is 11.0. The van der Waals surface area contributed by atoms with Gasteiger partial charge in [0.25, 0.3) is 0 Å². The summed E-state index contributed by atoms with van der Waals surface area (Å²) in [5.74, 6) is 1.69. The first-order valence-electron chi connectivity index (χ1n) is 8.58. The number of thiophene rings is 1. The number of piperidine rings is 1. The molecule has 0 bridgehead atoms. The number of ether oxygens (including phenoxy) is 1. The second-order valence-corrected chi connectivity index (χ2v) is 9.03. The lowest BCUT2D eigenvalue weighted by molar-refractivity contribution is 0.291. The average Bonchev–Trinajstić information content (AvgIpc) is 3.40. The van der Waals surface area contributed by atoms with Crippen LogP contribution in [0.15, 0.2) is 50.4 Å². The van der Waals surface area contributed by atoms with Crippen LogP contribution in [0.4, 0.5) is 0 Å². The molecule has 0 unspecified atom stereocenters. The number of hydrogen-bond acceptors (Lipinski definition) is 7. The minimum absolute atomic E-state index is 0.0710. The van der Waals surface area contributed by atoms with Crippen LogP contribution in [0.1, 0.15) is 24.7 Å². The maximum atomic E-state index is 12.9. The SMILES string of the molecule is COc1cccc(S(=O)(=O)N2CCC(c3nnc(-c4ccsc4)o3)CC2)c1. The first kappa shape index (κ1) is 18.1. The smallest absolute Gasteiger partial charge is 0.248 e. The molecule has 7 nitrogen and oxygen atoms in total. The minimum atomic E-state index is -3.54. The van der Waals surface area contributed by atoms with Crippen LogP contribution in [0, 0.1) is 0 Å². The summed E-state index contributed by atoms with van der Waals surface area (Å²) < 4.78 is 38.2. The Bertz CT molecular complexity index is 1010. The summed E-state index contributed by atoms with van der Waals surface area (Å²) in [5, 5.41) is 12.2. The van der Waals surface area contributed by atoms with Gasteiger partial charge in [0, 0.05) is 36.0 Å². The third-order valence-corrected chi connectivity index (χ3v) is 7.27. The highest BCUT2D eigenvalue weighted by Crippen LogP contribution is 2.32. The predicted octanol–water partition coefficient (Wildman–Crippen LogP) is 3.38. The van der Waals surface area contributed by atoms with Crippen molar-refractivity contribution in [1.29, 1.82) is 0 Å². The van der Waals surface area contributed by atoms with Gasteiger partial charge in [-0.25, -0.2) is 8.42 Å². The van der Waals surface area contributed by atoms with Crippen molar-refractivity contribution >= 4 is 21.4 Å². The van der Waals surface area contributed by atoms with Crippen LogP contribution >= 0.6 is 11.3 Å². The monoisotopic (exact) mass is 405 g/mol. The maximum absolute atomic E-state index is 12.9. The van der Waals surface area contributed by atoms with Crippen molar-refractivity contribution in [3.05, 3.63) is 47.0 Å². The molecule has 0 amide bonds. The van der Waals surface area contributed by atoms with E-state index < -0.39 is 10.0 Å². The molecule has 1 fully saturated rings. The second-order valence-electron chi connectivity index (χ2n) is 6.31.